The van der Waals surface area contributed by atoms with Gasteiger partial charge in [0.2, 0.25) is 0 Å². The normalized spacial score (nSPS) is 15.9. The molecule has 0 spiro atoms. The Morgan fingerprint density at radius 3 is 2.80 bits per heavy atom. The van der Waals surface area contributed by atoms with E-state index in [2.05, 4.69) is 42.7 Å². The van der Waals surface area contributed by atoms with Gasteiger partial charge in [0, 0.05) is 12.2 Å². The van der Waals surface area contributed by atoms with Crippen LogP contribution in [-0.2, 0) is 12.8 Å². The van der Waals surface area contributed by atoms with E-state index in [1.807, 2.05) is 0 Å². The first-order chi connectivity index (χ1) is 9.70. The van der Waals surface area contributed by atoms with E-state index >= 15 is 0 Å². The average Bonchev–Trinajstić information content (AvgIpc) is 2.77. The Morgan fingerprint density at radius 1 is 1.25 bits per heavy atom. The van der Waals surface area contributed by atoms with Crippen molar-refractivity contribution in [2.75, 3.05) is 6.54 Å². The monoisotopic (exact) mass is 269 g/mol. The Hall–Kier alpha value is -1.61. The van der Waals surface area contributed by atoms with Crippen molar-refractivity contribution in [3.63, 3.8) is 0 Å². The van der Waals surface area contributed by atoms with Crippen molar-refractivity contribution in [3.8, 4) is 0 Å². The third-order valence-corrected chi connectivity index (χ3v) is 4.31. The standard InChI is InChI=1S/C17H23N3/c1-12-6-5-7-14(10-12)17(11-18)20-13(2)19-15-8-3-4-9-16(15)20/h5-7,10,17H,3-4,8-9,11,18H2,1-2H3. The van der Waals surface area contributed by atoms with Gasteiger partial charge in [-0.25, -0.2) is 4.98 Å². The number of nitrogens with zero attached hydrogens (tertiary/aromatic N) is 2. The molecule has 2 N–H and O–H groups in total. The number of rotatable bonds is 3. The molecule has 2 aromatic rings. The Kier molecular flexibility index (Phi) is 3.62. The molecule has 0 aliphatic heterocycles. The van der Waals surface area contributed by atoms with Gasteiger partial charge < -0.3 is 10.3 Å². The van der Waals surface area contributed by atoms with Crippen LogP contribution in [0.25, 0.3) is 0 Å². The second kappa shape index (κ2) is 5.41. The van der Waals surface area contributed by atoms with Gasteiger partial charge in [0.15, 0.2) is 0 Å². The van der Waals surface area contributed by atoms with E-state index in [-0.39, 0.29) is 6.04 Å². The minimum absolute atomic E-state index is 0.212. The molecule has 3 nitrogen and oxygen atoms in total. The fourth-order valence-corrected chi connectivity index (χ4v) is 3.38. The van der Waals surface area contributed by atoms with E-state index in [1.165, 1.54) is 35.4 Å². The molecule has 0 amide bonds. The Morgan fingerprint density at radius 2 is 2.05 bits per heavy atom. The SMILES string of the molecule is Cc1cccc(C(CN)n2c(C)nc3c2CCCC3)c1. The van der Waals surface area contributed by atoms with Gasteiger partial charge in [-0.05, 0) is 45.1 Å². The Labute approximate surface area is 120 Å². The number of nitrogens with two attached hydrogens (primary N) is 1. The minimum atomic E-state index is 0.212. The zero-order valence-electron chi connectivity index (χ0n) is 12.4. The van der Waals surface area contributed by atoms with Gasteiger partial charge in [-0.1, -0.05) is 29.8 Å². The van der Waals surface area contributed by atoms with E-state index in [4.69, 9.17) is 10.7 Å². The van der Waals surface area contributed by atoms with E-state index in [0.29, 0.717) is 6.54 Å². The highest BCUT2D eigenvalue weighted by molar-refractivity contribution is 5.30. The molecule has 1 unspecified atom stereocenters. The number of fused-ring (bicyclic) bond motifs is 1. The van der Waals surface area contributed by atoms with Crippen LogP contribution in [0.3, 0.4) is 0 Å². The lowest BCUT2D eigenvalue weighted by atomic mass is 9.99. The molecule has 1 aliphatic carbocycles. The van der Waals surface area contributed by atoms with Crippen molar-refractivity contribution in [2.24, 2.45) is 5.73 Å². The van der Waals surface area contributed by atoms with Crippen molar-refractivity contribution < 1.29 is 0 Å². The van der Waals surface area contributed by atoms with Crippen LogP contribution >= 0.6 is 0 Å². The van der Waals surface area contributed by atoms with Gasteiger partial charge in [-0.15, -0.1) is 0 Å². The second-order valence-electron chi connectivity index (χ2n) is 5.80. The van der Waals surface area contributed by atoms with Crippen LogP contribution in [0.15, 0.2) is 24.3 Å². The number of hydrogen-bond donors (Lipinski definition) is 1. The summed E-state index contributed by atoms with van der Waals surface area (Å²) < 4.78 is 2.38. The average molecular weight is 269 g/mol. The molecule has 0 radical (unpaired) electrons. The van der Waals surface area contributed by atoms with Gasteiger partial charge in [0.1, 0.15) is 5.82 Å². The van der Waals surface area contributed by atoms with Crippen LogP contribution in [-0.4, -0.2) is 16.1 Å². The summed E-state index contributed by atoms with van der Waals surface area (Å²) in [6.45, 7) is 4.86. The number of aryl methyl sites for hydroxylation is 3. The van der Waals surface area contributed by atoms with Crippen molar-refractivity contribution in [1.82, 2.24) is 9.55 Å². The molecule has 0 saturated carbocycles. The molecular weight excluding hydrogens is 246 g/mol. The zero-order valence-corrected chi connectivity index (χ0v) is 12.4. The van der Waals surface area contributed by atoms with Crippen molar-refractivity contribution in [2.45, 2.75) is 45.6 Å². The molecule has 0 saturated heterocycles. The van der Waals surface area contributed by atoms with E-state index in [1.54, 1.807) is 0 Å². The lowest BCUT2D eigenvalue weighted by Gasteiger charge is -2.23. The fraction of sp³-hybridized carbons (Fsp3) is 0.471. The minimum Gasteiger partial charge on any atom is -0.328 e. The summed E-state index contributed by atoms with van der Waals surface area (Å²) in [6, 6.07) is 8.88. The third kappa shape index (κ3) is 2.27. The topological polar surface area (TPSA) is 43.8 Å². The summed E-state index contributed by atoms with van der Waals surface area (Å²) in [4.78, 5) is 4.78. The highest BCUT2D eigenvalue weighted by atomic mass is 15.1. The lowest BCUT2D eigenvalue weighted by Crippen LogP contribution is -2.24. The predicted octanol–water partition coefficient (Wildman–Crippen LogP) is 2.93. The van der Waals surface area contributed by atoms with E-state index < -0.39 is 0 Å². The smallest absolute Gasteiger partial charge is 0.106 e. The molecule has 3 rings (SSSR count). The van der Waals surface area contributed by atoms with Crippen molar-refractivity contribution in [3.05, 3.63) is 52.6 Å². The van der Waals surface area contributed by atoms with Crippen LogP contribution in [0.2, 0.25) is 0 Å². The summed E-state index contributed by atoms with van der Waals surface area (Å²) in [5.41, 5.74) is 11.4. The Bertz CT molecular complexity index is 613. The van der Waals surface area contributed by atoms with Gasteiger partial charge >= 0.3 is 0 Å². The molecule has 0 fully saturated rings. The number of imidazole rings is 1. The number of benzene rings is 1. The molecule has 1 aliphatic rings. The maximum absolute atomic E-state index is 6.10. The fourth-order valence-electron chi connectivity index (χ4n) is 3.38. The molecular formula is C17H23N3. The van der Waals surface area contributed by atoms with Crippen LogP contribution in [0.5, 0.6) is 0 Å². The van der Waals surface area contributed by atoms with Crippen molar-refractivity contribution in [1.29, 1.82) is 0 Å². The second-order valence-corrected chi connectivity index (χ2v) is 5.80. The maximum atomic E-state index is 6.10. The summed E-state index contributed by atoms with van der Waals surface area (Å²) in [7, 11) is 0. The van der Waals surface area contributed by atoms with E-state index in [9.17, 15) is 0 Å². The summed E-state index contributed by atoms with van der Waals surface area (Å²) in [5, 5.41) is 0. The molecule has 1 atom stereocenters. The molecule has 1 heterocycles. The van der Waals surface area contributed by atoms with Crippen LogP contribution < -0.4 is 5.73 Å². The number of aromatic nitrogens is 2. The zero-order chi connectivity index (χ0) is 14.1. The largest absolute Gasteiger partial charge is 0.328 e. The van der Waals surface area contributed by atoms with E-state index in [0.717, 1.165) is 18.7 Å². The van der Waals surface area contributed by atoms with Crippen LogP contribution in [0.1, 0.15) is 47.2 Å². The summed E-state index contributed by atoms with van der Waals surface area (Å²) in [5.74, 6) is 1.11. The maximum Gasteiger partial charge on any atom is 0.106 e. The van der Waals surface area contributed by atoms with Gasteiger partial charge in [-0.2, -0.15) is 0 Å². The molecule has 1 aromatic heterocycles. The first-order valence-corrected chi connectivity index (χ1v) is 7.54. The highest BCUT2D eigenvalue weighted by Crippen LogP contribution is 2.28. The third-order valence-electron chi connectivity index (χ3n) is 4.31. The Balaban J connectivity index is 2.08. The van der Waals surface area contributed by atoms with Crippen LogP contribution in [0, 0.1) is 13.8 Å². The van der Waals surface area contributed by atoms with Crippen molar-refractivity contribution >= 4 is 0 Å². The van der Waals surface area contributed by atoms with Gasteiger partial charge in [-0.3, -0.25) is 0 Å². The lowest BCUT2D eigenvalue weighted by molar-refractivity contribution is 0.537. The molecule has 0 bridgehead atoms. The van der Waals surface area contributed by atoms with Gasteiger partial charge in [0.05, 0.1) is 11.7 Å². The quantitative estimate of drug-likeness (QED) is 0.931. The molecule has 20 heavy (non-hydrogen) atoms. The highest BCUT2D eigenvalue weighted by Gasteiger charge is 2.23. The first-order valence-electron chi connectivity index (χ1n) is 7.54. The summed E-state index contributed by atoms with van der Waals surface area (Å²) in [6.07, 6.45) is 4.79. The molecule has 1 aromatic carbocycles. The summed E-state index contributed by atoms with van der Waals surface area (Å²) >= 11 is 0. The predicted molar refractivity (Wildman–Crippen MR) is 82.0 cm³/mol. The molecule has 3 heteroatoms. The van der Waals surface area contributed by atoms with Crippen LogP contribution in [0.4, 0.5) is 0 Å². The molecule has 106 valence electrons. The van der Waals surface area contributed by atoms with Gasteiger partial charge in [0.25, 0.3) is 0 Å². The first kappa shape index (κ1) is 13.4. The number of hydrogen-bond acceptors (Lipinski definition) is 2.